The van der Waals surface area contributed by atoms with Crippen molar-refractivity contribution in [2.45, 2.75) is 13.3 Å². The van der Waals surface area contributed by atoms with Gasteiger partial charge >= 0.3 is 0 Å². The normalized spacial score (nSPS) is 10.9. The maximum atomic E-state index is 5.78. The van der Waals surface area contributed by atoms with Crippen molar-refractivity contribution < 1.29 is 0 Å². The first-order chi connectivity index (χ1) is 6.24. The number of aromatic nitrogens is 1. The molecule has 1 heterocycles. The maximum absolute atomic E-state index is 5.78. The van der Waals surface area contributed by atoms with Crippen LogP contribution in [0.15, 0.2) is 18.3 Å². The van der Waals surface area contributed by atoms with Gasteiger partial charge in [0, 0.05) is 11.5 Å². The molecule has 70 valence electrons. The Labute approximate surface area is 87.0 Å². The molecule has 13 heavy (non-hydrogen) atoms. The zero-order valence-electron chi connectivity index (χ0n) is 7.63. The van der Waals surface area contributed by atoms with E-state index >= 15 is 0 Å². The number of aryl methyl sites for hydroxylation is 1. The number of alkyl halides is 1. The number of hydrogen-bond donors (Lipinski definition) is 1. The Kier molecular flexibility index (Phi) is 3.96. The van der Waals surface area contributed by atoms with Gasteiger partial charge in [-0.2, -0.15) is 0 Å². The Bertz CT molecular complexity index is 308. The summed E-state index contributed by atoms with van der Waals surface area (Å²) in [6.07, 6.45) is 6.83. The highest BCUT2D eigenvalue weighted by Gasteiger charge is 1.95. The lowest BCUT2D eigenvalue weighted by atomic mass is 10.2. The van der Waals surface area contributed by atoms with Gasteiger partial charge in [-0.1, -0.05) is 22.0 Å². The fourth-order valence-electron chi connectivity index (χ4n) is 1.000. The molecule has 0 aliphatic heterocycles. The molecular weight excluding hydrogens is 228 g/mol. The molecule has 3 heteroatoms. The van der Waals surface area contributed by atoms with E-state index in [9.17, 15) is 0 Å². The Morgan fingerprint density at radius 3 is 3.00 bits per heavy atom. The standard InChI is InChI=1S/C10H13BrN2/c1-8-6-9(12)10(13-7-8)4-2-3-5-11/h2,4,6-7H,3,5,12H2,1H3. The maximum Gasteiger partial charge on any atom is 0.0855 e. The van der Waals surface area contributed by atoms with Gasteiger partial charge in [-0.05, 0) is 31.1 Å². The number of nitrogens with zero attached hydrogens (tertiary/aromatic N) is 1. The highest BCUT2D eigenvalue weighted by molar-refractivity contribution is 9.09. The lowest BCUT2D eigenvalue weighted by Crippen LogP contribution is -1.93. The van der Waals surface area contributed by atoms with E-state index in [4.69, 9.17) is 5.73 Å². The molecule has 0 atom stereocenters. The second kappa shape index (κ2) is 5.02. The SMILES string of the molecule is Cc1cnc(C=CCCBr)c(N)c1. The van der Waals surface area contributed by atoms with Crippen LogP contribution in [0.3, 0.4) is 0 Å². The van der Waals surface area contributed by atoms with E-state index < -0.39 is 0 Å². The van der Waals surface area contributed by atoms with E-state index in [2.05, 4.69) is 27.0 Å². The van der Waals surface area contributed by atoms with Gasteiger partial charge in [0.15, 0.2) is 0 Å². The Balaban J connectivity index is 2.77. The summed E-state index contributed by atoms with van der Waals surface area (Å²) in [5.41, 5.74) is 8.47. The van der Waals surface area contributed by atoms with Crippen LogP contribution in [-0.2, 0) is 0 Å². The lowest BCUT2D eigenvalue weighted by molar-refractivity contribution is 1.23. The highest BCUT2D eigenvalue weighted by Crippen LogP contribution is 2.12. The third-order valence-electron chi connectivity index (χ3n) is 1.64. The van der Waals surface area contributed by atoms with E-state index in [0.29, 0.717) is 0 Å². The van der Waals surface area contributed by atoms with E-state index in [0.717, 1.165) is 28.7 Å². The van der Waals surface area contributed by atoms with Crippen LogP contribution in [0.1, 0.15) is 17.7 Å². The number of pyridine rings is 1. The number of allylic oxidation sites excluding steroid dienone is 1. The summed E-state index contributed by atoms with van der Waals surface area (Å²) >= 11 is 3.35. The van der Waals surface area contributed by atoms with Crippen LogP contribution in [0.2, 0.25) is 0 Å². The van der Waals surface area contributed by atoms with Crippen molar-refractivity contribution in [3.63, 3.8) is 0 Å². The molecule has 0 aliphatic carbocycles. The summed E-state index contributed by atoms with van der Waals surface area (Å²) in [4.78, 5) is 4.22. The molecule has 0 radical (unpaired) electrons. The van der Waals surface area contributed by atoms with Crippen molar-refractivity contribution in [3.8, 4) is 0 Å². The number of halogens is 1. The number of nitrogen functional groups attached to an aromatic ring is 1. The fourth-order valence-corrected chi connectivity index (χ4v) is 1.26. The molecule has 2 N–H and O–H groups in total. The average molecular weight is 241 g/mol. The van der Waals surface area contributed by atoms with Crippen LogP contribution in [0.4, 0.5) is 5.69 Å². The number of nitrogens with two attached hydrogens (primary N) is 1. The van der Waals surface area contributed by atoms with E-state index in [1.807, 2.05) is 25.3 Å². The van der Waals surface area contributed by atoms with Gasteiger partial charge in [0.1, 0.15) is 0 Å². The first-order valence-corrected chi connectivity index (χ1v) is 5.31. The van der Waals surface area contributed by atoms with E-state index in [1.165, 1.54) is 0 Å². The number of hydrogen-bond acceptors (Lipinski definition) is 2. The molecule has 1 rings (SSSR count). The monoisotopic (exact) mass is 240 g/mol. The van der Waals surface area contributed by atoms with Gasteiger partial charge in [-0.15, -0.1) is 0 Å². The molecule has 0 aromatic carbocycles. The lowest BCUT2D eigenvalue weighted by Gasteiger charge is -1.99. The van der Waals surface area contributed by atoms with E-state index in [-0.39, 0.29) is 0 Å². The zero-order valence-corrected chi connectivity index (χ0v) is 9.21. The molecule has 1 aromatic heterocycles. The summed E-state index contributed by atoms with van der Waals surface area (Å²) in [5, 5.41) is 0.968. The van der Waals surface area contributed by atoms with Crippen LogP contribution in [0.5, 0.6) is 0 Å². The predicted molar refractivity (Wildman–Crippen MR) is 60.8 cm³/mol. The van der Waals surface area contributed by atoms with Crippen molar-refractivity contribution in [2.75, 3.05) is 11.1 Å². The van der Waals surface area contributed by atoms with Crippen molar-refractivity contribution >= 4 is 27.7 Å². The largest absolute Gasteiger partial charge is 0.397 e. The molecule has 2 nitrogen and oxygen atoms in total. The van der Waals surface area contributed by atoms with Gasteiger partial charge in [0.25, 0.3) is 0 Å². The van der Waals surface area contributed by atoms with Gasteiger partial charge in [0.2, 0.25) is 0 Å². The average Bonchev–Trinajstić information content (AvgIpc) is 2.09. The molecule has 0 saturated carbocycles. The smallest absolute Gasteiger partial charge is 0.0855 e. The number of anilines is 1. The van der Waals surface area contributed by atoms with Crippen molar-refractivity contribution in [2.24, 2.45) is 0 Å². The second-order valence-electron chi connectivity index (χ2n) is 2.87. The van der Waals surface area contributed by atoms with Crippen LogP contribution >= 0.6 is 15.9 Å². The molecule has 0 unspecified atom stereocenters. The minimum Gasteiger partial charge on any atom is -0.397 e. The van der Waals surface area contributed by atoms with Crippen LogP contribution in [0, 0.1) is 6.92 Å². The summed E-state index contributed by atoms with van der Waals surface area (Å²) in [5.74, 6) is 0. The van der Waals surface area contributed by atoms with E-state index in [1.54, 1.807) is 0 Å². The first kappa shape index (κ1) is 10.3. The van der Waals surface area contributed by atoms with Crippen LogP contribution in [0.25, 0.3) is 6.08 Å². The molecule has 0 spiro atoms. The summed E-state index contributed by atoms with van der Waals surface area (Å²) in [6.45, 7) is 1.98. The predicted octanol–water partition coefficient (Wildman–Crippen LogP) is 2.77. The Morgan fingerprint density at radius 1 is 1.62 bits per heavy atom. The minimum atomic E-state index is 0.742. The van der Waals surface area contributed by atoms with Crippen LogP contribution < -0.4 is 5.73 Å². The van der Waals surface area contributed by atoms with Crippen molar-refractivity contribution in [1.82, 2.24) is 4.98 Å². The molecule has 0 saturated heterocycles. The molecule has 0 aliphatic rings. The zero-order chi connectivity index (χ0) is 9.68. The fraction of sp³-hybridized carbons (Fsp3) is 0.300. The molecule has 0 amide bonds. The highest BCUT2D eigenvalue weighted by atomic mass is 79.9. The summed E-state index contributed by atoms with van der Waals surface area (Å²) < 4.78 is 0. The van der Waals surface area contributed by atoms with Gasteiger partial charge in [-0.3, -0.25) is 4.98 Å². The number of rotatable bonds is 3. The third kappa shape index (κ3) is 3.19. The Hall–Kier alpha value is -0.830. The van der Waals surface area contributed by atoms with Gasteiger partial charge in [0.05, 0.1) is 11.4 Å². The summed E-state index contributed by atoms with van der Waals surface area (Å²) in [7, 11) is 0. The van der Waals surface area contributed by atoms with Crippen molar-refractivity contribution in [1.29, 1.82) is 0 Å². The molecular formula is C10H13BrN2. The van der Waals surface area contributed by atoms with Crippen molar-refractivity contribution in [3.05, 3.63) is 29.6 Å². The quantitative estimate of drug-likeness (QED) is 0.826. The second-order valence-corrected chi connectivity index (χ2v) is 3.66. The third-order valence-corrected chi connectivity index (χ3v) is 2.10. The topological polar surface area (TPSA) is 38.9 Å². The minimum absolute atomic E-state index is 0.742. The Morgan fingerprint density at radius 2 is 2.38 bits per heavy atom. The van der Waals surface area contributed by atoms with Gasteiger partial charge < -0.3 is 5.73 Å². The molecule has 0 bridgehead atoms. The molecule has 1 aromatic rings. The van der Waals surface area contributed by atoms with Gasteiger partial charge in [-0.25, -0.2) is 0 Å². The summed E-state index contributed by atoms with van der Waals surface area (Å²) in [6, 6.07) is 1.93. The molecule has 0 fully saturated rings. The van der Waals surface area contributed by atoms with Crippen LogP contribution in [-0.4, -0.2) is 10.3 Å². The first-order valence-electron chi connectivity index (χ1n) is 4.18.